The molecule has 0 heterocycles. The van der Waals surface area contributed by atoms with Gasteiger partial charge in [-0.1, -0.05) is 48.6 Å². The number of thiocarbonyl (C=S) groups is 1. The van der Waals surface area contributed by atoms with Crippen molar-refractivity contribution >= 4 is 22.9 Å². The topological polar surface area (TPSA) is 29.3 Å². The quantitative estimate of drug-likeness (QED) is 0.854. The van der Waals surface area contributed by atoms with Gasteiger partial charge in [-0.05, 0) is 24.6 Å². The highest BCUT2D eigenvalue weighted by Crippen LogP contribution is 2.22. The number of benzene rings is 2. The lowest BCUT2D eigenvalue weighted by atomic mass is 10.1. The maximum absolute atomic E-state index is 13.9. The summed E-state index contributed by atoms with van der Waals surface area (Å²) >= 11 is 5.07. The SMILES string of the molecule is CCN(Cc1ccccc1C(N)=S)c1ccccc1F. The Kier molecular flexibility index (Phi) is 4.69. The molecular formula is C16H17FN2S. The summed E-state index contributed by atoms with van der Waals surface area (Å²) < 4.78 is 13.9. The molecule has 0 fully saturated rings. The molecule has 2 aromatic carbocycles. The van der Waals surface area contributed by atoms with Gasteiger partial charge in [-0.2, -0.15) is 0 Å². The largest absolute Gasteiger partial charge is 0.389 e. The Morgan fingerprint density at radius 1 is 1.15 bits per heavy atom. The minimum atomic E-state index is -0.220. The predicted octanol–water partition coefficient (Wildman–Crippen LogP) is 3.49. The van der Waals surface area contributed by atoms with Gasteiger partial charge in [0, 0.05) is 18.7 Å². The van der Waals surface area contributed by atoms with Crippen molar-refractivity contribution in [1.29, 1.82) is 0 Å². The number of nitrogens with zero attached hydrogens (tertiary/aromatic N) is 1. The maximum atomic E-state index is 13.9. The first-order chi connectivity index (χ1) is 9.63. The summed E-state index contributed by atoms with van der Waals surface area (Å²) in [6.07, 6.45) is 0. The lowest BCUT2D eigenvalue weighted by Gasteiger charge is -2.24. The second-order valence-electron chi connectivity index (χ2n) is 4.49. The molecule has 0 atom stereocenters. The fraction of sp³-hybridized carbons (Fsp3) is 0.188. The molecule has 0 aliphatic rings. The van der Waals surface area contributed by atoms with E-state index in [0.717, 1.165) is 11.1 Å². The normalized spacial score (nSPS) is 10.3. The van der Waals surface area contributed by atoms with Crippen molar-refractivity contribution < 1.29 is 4.39 Å². The highest BCUT2D eigenvalue weighted by Gasteiger charge is 2.12. The van der Waals surface area contributed by atoms with Crippen molar-refractivity contribution in [2.24, 2.45) is 5.73 Å². The standard InChI is InChI=1S/C16H17FN2S/c1-2-19(15-10-6-5-9-14(15)17)11-12-7-3-4-8-13(12)16(18)20/h3-10H,2,11H2,1H3,(H2,18,20). The molecule has 0 radical (unpaired) electrons. The summed E-state index contributed by atoms with van der Waals surface area (Å²) in [4.78, 5) is 2.33. The Morgan fingerprint density at radius 2 is 1.80 bits per heavy atom. The fourth-order valence-electron chi connectivity index (χ4n) is 2.18. The van der Waals surface area contributed by atoms with Gasteiger partial charge in [0.2, 0.25) is 0 Å². The molecule has 0 aliphatic heterocycles. The first kappa shape index (κ1) is 14.5. The average Bonchev–Trinajstić information content (AvgIpc) is 2.46. The van der Waals surface area contributed by atoms with Crippen LogP contribution in [0.1, 0.15) is 18.1 Å². The van der Waals surface area contributed by atoms with Crippen LogP contribution in [0.15, 0.2) is 48.5 Å². The van der Waals surface area contributed by atoms with Crippen LogP contribution in [0, 0.1) is 5.82 Å². The number of hydrogen-bond donors (Lipinski definition) is 1. The van der Waals surface area contributed by atoms with Crippen molar-refractivity contribution in [3.05, 3.63) is 65.5 Å². The van der Waals surface area contributed by atoms with E-state index in [1.165, 1.54) is 6.07 Å². The predicted molar refractivity (Wildman–Crippen MR) is 85.5 cm³/mol. The minimum Gasteiger partial charge on any atom is -0.389 e. The average molecular weight is 288 g/mol. The van der Waals surface area contributed by atoms with E-state index in [-0.39, 0.29) is 5.82 Å². The monoisotopic (exact) mass is 288 g/mol. The lowest BCUT2D eigenvalue weighted by Crippen LogP contribution is -2.25. The molecule has 0 spiro atoms. The number of rotatable bonds is 5. The van der Waals surface area contributed by atoms with Gasteiger partial charge in [-0.25, -0.2) is 4.39 Å². The lowest BCUT2D eigenvalue weighted by molar-refractivity contribution is 0.618. The molecule has 0 bridgehead atoms. The van der Waals surface area contributed by atoms with Gasteiger partial charge in [0.05, 0.1) is 5.69 Å². The maximum Gasteiger partial charge on any atom is 0.146 e. The summed E-state index contributed by atoms with van der Waals surface area (Å²) in [7, 11) is 0. The van der Waals surface area contributed by atoms with Gasteiger partial charge in [-0.15, -0.1) is 0 Å². The van der Waals surface area contributed by atoms with Crippen molar-refractivity contribution in [2.75, 3.05) is 11.4 Å². The van der Waals surface area contributed by atoms with E-state index in [2.05, 4.69) is 0 Å². The molecular weight excluding hydrogens is 271 g/mol. The van der Waals surface area contributed by atoms with Crippen LogP contribution in [0.2, 0.25) is 0 Å². The Hall–Kier alpha value is -1.94. The van der Waals surface area contributed by atoms with Gasteiger partial charge in [0.25, 0.3) is 0 Å². The van der Waals surface area contributed by atoms with Crippen LogP contribution in [-0.2, 0) is 6.54 Å². The van der Waals surface area contributed by atoms with Crippen LogP contribution in [0.4, 0.5) is 10.1 Å². The zero-order chi connectivity index (χ0) is 14.5. The van der Waals surface area contributed by atoms with Crippen LogP contribution in [0.3, 0.4) is 0 Å². The second kappa shape index (κ2) is 6.48. The molecule has 4 heteroatoms. The Morgan fingerprint density at radius 3 is 2.45 bits per heavy atom. The Bertz CT molecular complexity index is 613. The van der Waals surface area contributed by atoms with Crippen molar-refractivity contribution in [3.8, 4) is 0 Å². The molecule has 0 aliphatic carbocycles. The third-order valence-electron chi connectivity index (χ3n) is 3.22. The molecule has 104 valence electrons. The molecule has 0 saturated heterocycles. The van der Waals surface area contributed by atoms with Gasteiger partial charge in [0.1, 0.15) is 10.8 Å². The van der Waals surface area contributed by atoms with Crippen LogP contribution < -0.4 is 10.6 Å². The van der Waals surface area contributed by atoms with Crippen molar-refractivity contribution in [3.63, 3.8) is 0 Å². The van der Waals surface area contributed by atoms with Crippen LogP contribution in [-0.4, -0.2) is 11.5 Å². The van der Waals surface area contributed by atoms with E-state index < -0.39 is 0 Å². The van der Waals surface area contributed by atoms with Crippen LogP contribution in [0.25, 0.3) is 0 Å². The van der Waals surface area contributed by atoms with Gasteiger partial charge in [-0.3, -0.25) is 0 Å². The van der Waals surface area contributed by atoms with Crippen molar-refractivity contribution in [1.82, 2.24) is 0 Å². The summed E-state index contributed by atoms with van der Waals surface area (Å²) in [6.45, 7) is 3.27. The number of halogens is 1. The molecule has 2 rings (SSSR count). The molecule has 0 amide bonds. The van der Waals surface area contributed by atoms with E-state index in [1.807, 2.05) is 42.2 Å². The van der Waals surface area contributed by atoms with Crippen LogP contribution >= 0.6 is 12.2 Å². The molecule has 2 aromatic rings. The third kappa shape index (κ3) is 3.14. The number of anilines is 1. The van der Waals surface area contributed by atoms with Gasteiger partial charge in [0.15, 0.2) is 0 Å². The zero-order valence-electron chi connectivity index (χ0n) is 11.3. The summed E-state index contributed by atoms with van der Waals surface area (Å²) in [6, 6.07) is 14.5. The first-order valence-corrected chi connectivity index (χ1v) is 6.91. The van der Waals surface area contributed by atoms with Gasteiger partial charge >= 0.3 is 0 Å². The number of nitrogens with two attached hydrogens (primary N) is 1. The zero-order valence-corrected chi connectivity index (χ0v) is 12.2. The molecule has 0 aromatic heterocycles. The third-order valence-corrected chi connectivity index (χ3v) is 3.44. The van der Waals surface area contributed by atoms with E-state index in [1.54, 1.807) is 12.1 Å². The molecule has 20 heavy (non-hydrogen) atoms. The van der Waals surface area contributed by atoms with Crippen molar-refractivity contribution in [2.45, 2.75) is 13.5 Å². The molecule has 2 N–H and O–H groups in total. The Labute approximate surface area is 124 Å². The summed E-state index contributed by atoms with van der Waals surface area (Å²) in [5.41, 5.74) is 8.18. The smallest absolute Gasteiger partial charge is 0.146 e. The summed E-state index contributed by atoms with van der Waals surface area (Å²) in [5, 5.41) is 0. The first-order valence-electron chi connectivity index (χ1n) is 6.50. The number of para-hydroxylation sites is 1. The van der Waals surface area contributed by atoms with E-state index in [0.29, 0.717) is 23.8 Å². The molecule has 2 nitrogen and oxygen atoms in total. The molecule has 0 saturated carbocycles. The van der Waals surface area contributed by atoms with Crippen LogP contribution in [0.5, 0.6) is 0 Å². The van der Waals surface area contributed by atoms with Gasteiger partial charge < -0.3 is 10.6 Å². The fourth-order valence-corrected chi connectivity index (χ4v) is 2.38. The van der Waals surface area contributed by atoms with E-state index in [9.17, 15) is 4.39 Å². The Balaban J connectivity index is 2.32. The second-order valence-corrected chi connectivity index (χ2v) is 4.93. The van der Waals surface area contributed by atoms with E-state index >= 15 is 0 Å². The molecule has 0 unspecified atom stereocenters. The number of hydrogen-bond acceptors (Lipinski definition) is 2. The highest BCUT2D eigenvalue weighted by atomic mass is 32.1. The van der Waals surface area contributed by atoms with E-state index in [4.69, 9.17) is 18.0 Å². The minimum absolute atomic E-state index is 0.220. The summed E-state index contributed by atoms with van der Waals surface area (Å²) in [5.74, 6) is -0.220. The highest BCUT2D eigenvalue weighted by molar-refractivity contribution is 7.80.